The Morgan fingerprint density at radius 2 is 2.03 bits per heavy atom. The zero-order valence-corrected chi connectivity index (χ0v) is 19.1. The van der Waals surface area contributed by atoms with Crippen molar-refractivity contribution in [3.8, 4) is 5.75 Å². The summed E-state index contributed by atoms with van der Waals surface area (Å²) >= 11 is 0. The van der Waals surface area contributed by atoms with Crippen molar-refractivity contribution in [2.45, 2.75) is 83.8 Å². The van der Waals surface area contributed by atoms with Crippen molar-refractivity contribution in [2.24, 2.45) is 5.92 Å². The van der Waals surface area contributed by atoms with Crippen LogP contribution in [0.1, 0.15) is 86.3 Å². The molecule has 2 fully saturated rings. The molecule has 0 bridgehead atoms. The molecule has 0 saturated carbocycles. The van der Waals surface area contributed by atoms with Crippen molar-refractivity contribution in [3.05, 3.63) is 29.0 Å². The number of aromatic nitrogens is 1. The highest BCUT2D eigenvalue weighted by atomic mass is 16.5. The van der Waals surface area contributed by atoms with E-state index in [0.717, 1.165) is 61.1 Å². The number of nitrogens with one attached hydrogen (secondary N) is 1. The van der Waals surface area contributed by atoms with Crippen LogP contribution in [0.5, 0.6) is 5.75 Å². The molecule has 1 aromatic heterocycles. The second kappa shape index (κ2) is 8.50. The molecular formula is C26H36N2O3. The Hall–Kier alpha value is -2.01. The Kier molecular flexibility index (Phi) is 5.72. The smallest absolute Gasteiger partial charge is 0.340 e. The lowest BCUT2D eigenvalue weighted by molar-refractivity contribution is -0.122. The predicted octanol–water partition coefficient (Wildman–Crippen LogP) is 5.74. The lowest BCUT2D eigenvalue weighted by Crippen LogP contribution is -2.56. The predicted molar refractivity (Wildman–Crippen MR) is 123 cm³/mol. The number of H-pyrrole nitrogens is 1. The van der Waals surface area contributed by atoms with E-state index >= 15 is 0 Å². The van der Waals surface area contributed by atoms with Gasteiger partial charge in [0.05, 0.1) is 12.2 Å². The maximum atomic E-state index is 12.9. The summed E-state index contributed by atoms with van der Waals surface area (Å²) in [5.41, 5.74) is 3.61. The van der Waals surface area contributed by atoms with Crippen LogP contribution in [0.15, 0.2) is 12.1 Å². The number of esters is 1. The summed E-state index contributed by atoms with van der Waals surface area (Å²) in [6.45, 7) is 6.74. The highest BCUT2D eigenvalue weighted by Crippen LogP contribution is 2.47. The van der Waals surface area contributed by atoms with Crippen LogP contribution < -0.4 is 4.74 Å². The minimum atomic E-state index is -0.216. The van der Waals surface area contributed by atoms with Crippen LogP contribution >= 0.6 is 0 Å². The van der Waals surface area contributed by atoms with Crippen molar-refractivity contribution in [1.29, 1.82) is 0 Å². The normalized spacial score (nSPS) is 26.6. The molecule has 1 N–H and O–H groups in total. The summed E-state index contributed by atoms with van der Waals surface area (Å²) in [6.07, 6.45) is 11.6. The molecule has 0 amide bonds. The van der Waals surface area contributed by atoms with Crippen LogP contribution in [0.25, 0.3) is 10.9 Å². The summed E-state index contributed by atoms with van der Waals surface area (Å²) in [6, 6.07) is 4.23. The Labute approximate surface area is 185 Å². The van der Waals surface area contributed by atoms with Crippen LogP contribution in [0.2, 0.25) is 0 Å². The zero-order chi connectivity index (χ0) is 21.4. The lowest BCUT2D eigenvalue weighted by atomic mass is 9.83. The largest absolute Gasteiger partial charge is 0.472 e. The first-order valence-electron chi connectivity index (χ1n) is 12.4. The summed E-state index contributed by atoms with van der Waals surface area (Å²) in [4.78, 5) is 19.1. The summed E-state index contributed by atoms with van der Waals surface area (Å²) in [5, 5.41) is 1.02. The average Bonchev–Trinajstić information content (AvgIpc) is 2.90. The van der Waals surface area contributed by atoms with E-state index in [-0.39, 0.29) is 11.7 Å². The van der Waals surface area contributed by atoms with Crippen molar-refractivity contribution < 1.29 is 14.3 Å². The molecular weight excluding hydrogens is 388 g/mol. The minimum absolute atomic E-state index is 0.180. The molecule has 3 aliphatic rings. The van der Waals surface area contributed by atoms with E-state index < -0.39 is 0 Å². The molecule has 4 heterocycles. The molecule has 2 aromatic rings. The van der Waals surface area contributed by atoms with Gasteiger partial charge in [-0.2, -0.15) is 0 Å². The quantitative estimate of drug-likeness (QED) is 0.638. The first-order valence-corrected chi connectivity index (χ1v) is 12.4. The van der Waals surface area contributed by atoms with Gasteiger partial charge in [-0.25, -0.2) is 4.79 Å². The molecule has 0 radical (unpaired) electrons. The number of benzene rings is 1. The first kappa shape index (κ1) is 20.9. The van der Waals surface area contributed by atoms with Gasteiger partial charge in [0.25, 0.3) is 0 Å². The monoisotopic (exact) mass is 424 g/mol. The van der Waals surface area contributed by atoms with Gasteiger partial charge in [-0.15, -0.1) is 0 Å². The highest BCUT2D eigenvalue weighted by Gasteiger charge is 2.49. The van der Waals surface area contributed by atoms with Crippen molar-refractivity contribution >= 4 is 16.9 Å². The Bertz CT molecular complexity index is 963. The second-order valence-corrected chi connectivity index (χ2v) is 9.70. The number of ether oxygens (including phenoxy) is 2. The van der Waals surface area contributed by atoms with Gasteiger partial charge in [-0.1, -0.05) is 19.8 Å². The van der Waals surface area contributed by atoms with Gasteiger partial charge >= 0.3 is 5.97 Å². The molecule has 168 valence electrons. The fourth-order valence-electron chi connectivity index (χ4n) is 6.30. The third-order valence-corrected chi connectivity index (χ3v) is 7.75. The van der Waals surface area contributed by atoms with Crippen LogP contribution in [-0.2, 0) is 11.2 Å². The van der Waals surface area contributed by atoms with E-state index in [0.29, 0.717) is 18.1 Å². The average molecular weight is 425 g/mol. The van der Waals surface area contributed by atoms with E-state index in [1.807, 2.05) is 13.8 Å². The molecule has 0 aliphatic carbocycles. The lowest BCUT2D eigenvalue weighted by Gasteiger charge is -2.46. The number of aryl methyl sites for hydroxylation is 2. The number of hydrogen-bond donors (Lipinski definition) is 1. The summed E-state index contributed by atoms with van der Waals surface area (Å²) < 4.78 is 12.7. The molecule has 5 rings (SSSR count). The van der Waals surface area contributed by atoms with E-state index in [1.54, 1.807) is 0 Å². The maximum absolute atomic E-state index is 12.9. The number of hydrogen-bond acceptors (Lipinski definition) is 4. The number of rotatable bonds is 3. The van der Waals surface area contributed by atoms with Gasteiger partial charge in [-0.3, -0.25) is 4.90 Å². The van der Waals surface area contributed by atoms with E-state index in [4.69, 9.17) is 9.47 Å². The number of carbonyl (C=O) groups excluding carboxylic acids is 1. The van der Waals surface area contributed by atoms with Gasteiger partial charge in [0.1, 0.15) is 5.75 Å². The fraction of sp³-hybridized carbons (Fsp3) is 0.654. The van der Waals surface area contributed by atoms with Crippen molar-refractivity contribution in [3.63, 3.8) is 0 Å². The third-order valence-electron chi connectivity index (χ3n) is 7.75. The van der Waals surface area contributed by atoms with Crippen LogP contribution in [0.3, 0.4) is 0 Å². The van der Waals surface area contributed by atoms with E-state index in [9.17, 15) is 4.79 Å². The van der Waals surface area contributed by atoms with Gasteiger partial charge in [0.2, 0.25) is 0 Å². The highest BCUT2D eigenvalue weighted by molar-refractivity contribution is 6.07. The number of aromatic amines is 1. The van der Waals surface area contributed by atoms with Gasteiger partial charge in [-0.05, 0) is 64.0 Å². The minimum Gasteiger partial charge on any atom is -0.472 e. The second-order valence-electron chi connectivity index (χ2n) is 9.70. The van der Waals surface area contributed by atoms with E-state index in [2.05, 4.69) is 22.0 Å². The molecule has 3 aliphatic heterocycles. The van der Waals surface area contributed by atoms with Crippen molar-refractivity contribution in [2.75, 3.05) is 19.7 Å². The Balaban J connectivity index is 1.62. The van der Waals surface area contributed by atoms with Gasteiger partial charge in [0, 0.05) is 47.6 Å². The first-order chi connectivity index (χ1) is 15.1. The summed E-state index contributed by atoms with van der Waals surface area (Å²) in [7, 11) is 0. The third kappa shape index (κ3) is 3.55. The fourth-order valence-corrected chi connectivity index (χ4v) is 6.30. The molecule has 1 spiro atoms. The molecule has 5 heteroatoms. The van der Waals surface area contributed by atoms with E-state index in [1.165, 1.54) is 44.1 Å². The zero-order valence-electron chi connectivity index (χ0n) is 19.1. The van der Waals surface area contributed by atoms with Crippen LogP contribution in [-0.4, -0.2) is 41.3 Å². The molecule has 2 saturated heterocycles. The van der Waals surface area contributed by atoms with Gasteiger partial charge < -0.3 is 14.5 Å². The molecule has 5 nitrogen and oxygen atoms in total. The molecule has 31 heavy (non-hydrogen) atoms. The number of fused-ring (bicyclic) bond motifs is 3. The van der Waals surface area contributed by atoms with Crippen molar-refractivity contribution in [1.82, 2.24) is 9.88 Å². The topological polar surface area (TPSA) is 54.6 Å². The molecule has 1 aromatic carbocycles. The Morgan fingerprint density at radius 3 is 2.87 bits per heavy atom. The van der Waals surface area contributed by atoms with Crippen LogP contribution in [0, 0.1) is 12.8 Å². The standard InChI is InChI=1S/C26H36N2O3/c1-3-17-30-25(29)23-18(2)27-21-12-13-22-20(24(21)23)11-10-19-9-5-8-16-28-15-7-4-6-14-26(19,28)31-22/h12-13,19,27H,3-11,14-17H2,1-2H3. The molecule has 2 unspecified atom stereocenters. The number of carbonyl (C=O) groups is 1. The molecule has 2 atom stereocenters. The van der Waals surface area contributed by atoms with Gasteiger partial charge in [0.15, 0.2) is 5.72 Å². The SMILES string of the molecule is CCCOC(=O)c1c(C)[nH]c2ccc3c(c12)CCC1CCCCN2CCCCCC12O3. The Morgan fingerprint density at radius 1 is 1.19 bits per heavy atom. The number of nitrogens with zero attached hydrogens (tertiary/aromatic N) is 1. The summed E-state index contributed by atoms with van der Waals surface area (Å²) in [5.74, 6) is 1.31. The maximum Gasteiger partial charge on any atom is 0.340 e. The van der Waals surface area contributed by atoms with Crippen LogP contribution in [0.4, 0.5) is 0 Å².